The van der Waals surface area contributed by atoms with Crippen LogP contribution in [0.2, 0.25) is 5.02 Å². The Morgan fingerprint density at radius 1 is 1.14 bits per heavy atom. The number of halogens is 1. The standard InChI is InChI=1S/C21H21ClN2O3S2/c1-14-5-10-18(15(2)12-14)19-13-28-21(23-19)24-20(25)4-3-11-29(26,27)17-8-6-16(22)7-9-17/h5-10,12-13H,3-4,11H2,1-2H3,(H,23,24,25). The van der Waals surface area contributed by atoms with E-state index in [-0.39, 0.29) is 29.4 Å². The van der Waals surface area contributed by atoms with Crippen LogP contribution in [0.25, 0.3) is 11.3 Å². The summed E-state index contributed by atoms with van der Waals surface area (Å²) in [6.45, 7) is 4.07. The predicted octanol–water partition coefficient (Wildman–Crippen LogP) is 5.27. The number of thiazole rings is 1. The summed E-state index contributed by atoms with van der Waals surface area (Å²) in [5.41, 5.74) is 4.15. The highest BCUT2D eigenvalue weighted by atomic mass is 35.5. The van der Waals surface area contributed by atoms with Gasteiger partial charge in [0, 0.05) is 22.4 Å². The molecule has 1 heterocycles. The van der Waals surface area contributed by atoms with Crippen molar-refractivity contribution in [2.24, 2.45) is 0 Å². The number of amides is 1. The summed E-state index contributed by atoms with van der Waals surface area (Å²) in [7, 11) is -3.44. The monoisotopic (exact) mass is 448 g/mol. The smallest absolute Gasteiger partial charge is 0.226 e. The molecule has 0 atom stereocenters. The van der Waals surface area contributed by atoms with Gasteiger partial charge in [-0.15, -0.1) is 11.3 Å². The molecule has 0 spiro atoms. The highest BCUT2D eigenvalue weighted by Gasteiger charge is 2.16. The summed E-state index contributed by atoms with van der Waals surface area (Å²) >= 11 is 7.14. The van der Waals surface area contributed by atoms with E-state index in [1.165, 1.54) is 41.2 Å². The van der Waals surface area contributed by atoms with Crippen LogP contribution in [0.5, 0.6) is 0 Å². The molecule has 5 nitrogen and oxygen atoms in total. The van der Waals surface area contributed by atoms with Crippen molar-refractivity contribution >= 4 is 43.8 Å². The lowest BCUT2D eigenvalue weighted by Crippen LogP contribution is -2.14. The Balaban J connectivity index is 1.55. The van der Waals surface area contributed by atoms with Crippen LogP contribution in [-0.2, 0) is 14.6 Å². The first-order valence-electron chi connectivity index (χ1n) is 9.06. The van der Waals surface area contributed by atoms with Gasteiger partial charge in [-0.05, 0) is 50.1 Å². The molecular weight excluding hydrogens is 428 g/mol. The average Bonchev–Trinajstić information content (AvgIpc) is 3.10. The minimum Gasteiger partial charge on any atom is -0.302 e. The second kappa shape index (κ2) is 9.07. The van der Waals surface area contributed by atoms with Gasteiger partial charge in [0.05, 0.1) is 16.3 Å². The molecule has 1 aromatic heterocycles. The number of sulfone groups is 1. The van der Waals surface area contributed by atoms with Gasteiger partial charge in [-0.25, -0.2) is 13.4 Å². The SMILES string of the molecule is Cc1ccc(-c2csc(NC(=O)CCCS(=O)(=O)c3ccc(Cl)cc3)n2)c(C)c1. The fourth-order valence-electron chi connectivity index (χ4n) is 2.92. The topological polar surface area (TPSA) is 76.1 Å². The summed E-state index contributed by atoms with van der Waals surface area (Å²) in [5, 5.41) is 5.64. The minimum absolute atomic E-state index is 0.102. The van der Waals surface area contributed by atoms with Crippen LogP contribution in [-0.4, -0.2) is 25.1 Å². The number of carbonyl (C=O) groups is 1. The number of aromatic nitrogens is 1. The van der Waals surface area contributed by atoms with E-state index in [9.17, 15) is 13.2 Å². The Morgan fingerprint density at radius 3 is 2.55 bits per heavy atom. The molecule has 0 radical (unpaired) electrons. The number of rotatable bonds is 7. The Hall–Kier alpha value is -2.22. The molecule has 3 aromatic rings. The first kappa shape index (κ1) is 21.5. The van der Waals surface area contributed by atoms with Crippen LogP contribution in [0.15, 0.2) is 52.7 Å². The molecule has 0 saturated heterocycles. The summed E-state index contributed by atoms with van der Waals surface area (Å²) in [6.07, 6.45) is 0.331. The number of anilines is 1. The number of nitrogens with one attached hydrogen (secondary N) is 1. The zero-order chi connectivity index (χ0) is 21.0. The van der Waals surface area contributed by atoms with Gasteiger partial charge in [0.2, 0.25) is 5.91 Å². The molecule has 0 unspecified atom stereocenters. The summed E-state index contributed by atoms with van der Waals surface area (Å²) in [4.78, 5) is 16.9. The normalized spacial score (nSPS) is 11.4. The van der Waals surface area contributed by atoms with E-state index in [1.807, 2.05) is 31.4 Å². The Labute approximate surface area is 179 Å². The van der Waals surface area contributed by atoms with Crippen LogP contribution in [0.1, 0.15) is 24.0 Å². The van der Waals surface area contributed by atoms with Crippen LogP contribution < -0.4 is 5.32 Å². The van der Waals surface area contributed by atoms with Gasteiger partial charge < -0.3 is 5.32 Å². The molecule has 0 aliphatic heterocycles. The van der Waals surface area contributed by atoms with Crippen LogP contribution in [0, 0.1) is 13.8 Å². The van der Waals surface area contributed by atoms with Gasteiger partial charge in [-0.1, -0.05) is 35.4 Å². The molecule has 0 bridgehead atoms. The zero-order valence-electron chi connectivity index (χ0n) is 16.1. The van der Waals surface area contributed by atoms with E-state index in [4.69, 9.17) is 11.6 Å². The summed E-state index contributed by atoms with van der Waals surface area (Å²) < 4.78 is 24.6. The molecule has 29 heavy (non-hydrogen) atoms. The number of hydrogen-bond donors (Lipinski definition) is 1. The first-order valence-corrected chi connectivity index (χ1v) is 12.0. The molecule has 1 amide bonds. The number of carbonyl (C=O) groups excluding carboxylic acids is 1. The van der Waals surface area contributed by atoms with Crippen molar-refractivity contribution in [3.05, 3.63) is 64.0 Å². The molecule has 0 saturated carbocycles. The number of hydrogen-bond acceptors (Lipinski definition) is 5. The highest BCUT2D eigenvalue weighted by Crippen LogP contribution is 2.28. The minimum atomic E-state index is -3.44. The maximum absolute atomic E-state index is 12.3. The molecule has 3 rings (SSSR count). The van der Waals surface area contributed by atoms with E-state index < -0.39 is 9.84 Å². The van der Waals surface area contributed by atoms with Crippen molar-refractivity contribution in [3.63, 3.8) is 0 Å². The van der Waals surface area contributed by atoms with Crippen molar-refractivity contribution in [2.75, 3.05) is 11.1 Å². The summed E-state index contributed by atoms with van der Waals surface area (Å²) in [6, 6.07) is 12.2. The van der Waals surface area contributed by atoms with Gasteiger partial charge in [0.15, 0.2) is 15.0 Å². The molecular formula is C21H21ClN2O3S2. The van der Waals surface area contributed by atoms with Gasteiger partial charge in [0.1, 0.15) is 0 Å². The number of aryl methyl sites for hydroxylation is 2. The molecule has 0 aliphatic carbocycles. The van der Waals surface area contributed by atoms with Gasteiger partial charge in [0.25, 0.3) is 0 Å². The van der Waals surface area contributed by atoms with Crippen LogP contribution >= 0.6 is 22.9 Å². The lowest BCUT2D eigenvalue weighted by molar-refractivity contribution is -0.116. The van der Waals surface area contributed by atoms with Crippen molar-refractivity contribution < 1.29 is 13.2 Å². The van der Waals surface area contributed by atoms with E-state index >= 15 is 0 Å². The molecule has 2 aromatic carbocycles. The third-order valence-electron chi connectivity index (χ3n) is 4.40. The van der Waals surface area contributed by atoms with E-state index in [1.54, 1.807) is 0 Å². The fraction of sp³-hybridized carbons (Fsp3) is 0.238. The molecule has 0 aliphatic rings. The van der Waals surface area contributed by atoms with Crippen molar-refractivity contribution in [1.82, 2.24) is 4.98 Å². The maximum Gasteiger partial charge on any atom is 0.226 e. The zero-order valence-corrected chi connectivity index (χ0v) is 18.5. The van der Waals surface area contributed by atoms with Gasteiger partial charge in [-0.3, -0.25) is 4.79 Å². The number of nitrogens with zero attached hydrogens (tertiary/aromatic N) is 1. The molecule has 8 heteroatoms. The van der Waals surface area contributed by atoms with Crippen LogP contribution in [0.4, 0.5) is 5.13 Å². The largest absolute Gasteiger partial charge is 0.302 e. The van der Waals surface area contributed by atoms with Crippen molar-refractivity contribution in [1.29, 1.82) is 0 Å². The van der Waals surface area contributed by atoms with Crippen molar-refractivity contribution in [2.45, 2.75) is 31.6 Å². The van der Waals surface area contributed by atoms with Crippen molar-refractivity contribution in [3.8, 4) is 11.3 Å². The van der Waals surface area contributed by atoms with E-state index in [2.05, 4.69) is 16.4 Å². The maximum atomic E-state index is 12.3. The first-order chi connectivity index (χ1) is 13.7. The molecule has 0 fully saturated rings. The second-order valence-corrected chi connectivity index (χ2v) is 10.2. The van der Waals surface area contributed by atoms with Crippen LogP contribution in [0.3, 0.4) is 0 Å². The lowest BCUT2D eigenvalue weighted by Gasteiger charge is -2.05. The average molecular weight is 449 g/mol. The lowest BCUT2D eigenvalue weighted by atomic mass is 10.0. The van der Waals surface area contributed by atoms with Gasteiger partial charge >= 0.3 is 0 Å². The third-order valence-corrected chi connectivity index (χ3v) is 7.22. The predicted molar refractivity (Wildman–Crippen MR) is 118 cm³/mol. The Kier molecular flexibility index (Phi) is 6.72. The highest BCUT2D eigenvalue weighted by molar-refractivity contribution is 7.91. The van der Waals surface area contributed by atoms with E-state index in [0.29, 0.717) is 10.2 Å². The summed E-state index contributed by atoms with van der Waals surface area (Å²) in [5.74, 6) is -0.355. The van der Waals surface area contributed by atoms with E-state index in [0.717, 1.165) is 16.8 Å². The fourth-order valence-corrected chi connectivity index (χ4v) is 5.08. The quantitative estimate of drug-likeness (QED) is 0.534. The Morgan fingerprint density at radius 2 is 1.86 bits per heavy atom. The third kappa shape index (κ3) is 5.65. The number of benzene rings is 2. The molecule has 1 N–H and O–H groups in total. The molecule has 152 valence electrons. The van der Waals surface area contributed by atoms with Gasteiger partial charge in [-0.2, -0.15) is 0 Å². The second-order valence-electron chi connectivity index (χ2n) is 6.78. The Bertz CT molecular complexity index is 1120.